The molecule has 9 heteroatoms. The molecule has 0 unspecified atom stereocenters. The van der Waals surface area contributed by atoms with Crippen LogP contribution in [0.25, 0.3) is 0 Å². The first-order valence-corrected chi connectivity index (χ1v) is 9.94. The van der Waals surface area contributed by atoms with Crippen molar-refractivity contribution in [3.05, 3.63) is 53.3 Å². The Hall–Kier alpha value is -2.94. The predicted molar refractivity (Wildman–Crippen MR) is 103 cm³/mol. The fourth-order valence-electron chi connectivity index (χ4n) is 2.47. The van der Waals surface area contributed by atoms with Crippen LogP contribution in [0.2, 0.25) is 0 Å². The van der Waals surface area contributed by atoms with Gasteiger partial charge in [-0.2, -0.15) is 0 Å². The molecule has 0 radical (unpaired) electrons. The van der Waals surface area contributed by atoms with Crippen molar-refractivity contribution in [2.24, 2.45) is 5.92 Å². The van der Waals surface area contributed by atoms with Crippen molar-refractivity contribution in [2.75, 3.05) is 10.0 Å². The lowest BCUT2D eigenvalue weighted by molar-refractivity contribution is -0.116. The number of hydrogen-bond acceptors (Lipinski definition) is 4. The number of rotatable bonds is 7. The molecule has 1 amide bonds. The lowest BCUT2D eigenvalue weighted by Crippen LogP contribution is -2.16. The van der Waals surface area contributed by atoms with Crippen LogP contribution in [0.1, 0.15) is 36.2 Å². The average Bonchev–Trinajstić information content (AvgIpc) is 2.57. The van der Waals surface area contributed by atoms with Crippen LogP contribution in [0.15, 0.2) is 41.3 Å². The van der Waals surface area contributed by atoms with Crippen LogP contribution in [-0.2, 0) is 14.8 Å². The van der Waals surface area contributed by atoms with E-state index in [-0.39, 0.29) is 23.1 Å². The van der Waals surface area contributed by atoms with Crippen molar-refractivity contribution in [3.8, 4) is 0 Å². The molecule has 0 saturated carbocycles. The average molecular weight is 408 g/mol. The third-order valence-electron chi connectivity index (χ3n) is 3.85. The Balaban J connectivity index is 2.23. The summed E-state index contributed by atoms with van der Waals surface area (Å²) in [4.78, 5) is 22.4. The summed E-state index contributed by atoms with van der Waals surface area (Å²) in [5, 5.41) is 11.7. The summed E-state index contributed by atoms with van der Waals surface area (Å²) >= 11 is 0. The van der Waals surface area contributed by atoms with Crippen LogP contribution in [0.4, 0.5) is 15.8 Å². The summed E-state index contributed by atoms with van der Waals surface area (Å²) in [6, 6.07) is 7.61. The van der Waals surface area contributed by atoms with Gasteiger partial charge in [-0.3, -0.25) is 9.52 Å². The highest BCUT2D eigenvalue weighted by molar-refractivity contribution is 7.92. The maximum Gasteiger partial charge on any atom is 0.335 e. The van der Waals surface area contributed by atoms with E-state index in [1.807, 2.05) is 13.8 Å². The second kappa shape index (κ2) is 8.39. The predicted octanol–water partition coefficient (Wildman–Crippen LogP) is 3.62. The van der Waals surface area contributed by atoms with Crippen molar-refractivity contribution in [3.63, 3.8) is 0 Å². The van der Waals surface area contributed by atoms with Gasteiger partial charge in [0.1, 0.15) is 5.82 Å². The zero-order chi connectivity index (χ0) is 21.1. The van der Waals surface area contributed by atoms with Gasteiger partial charge in [0.05, 0.1) is 10.5 Å². The summed E-state index contributed by atoms with van der Waals surface area (Å²) < 4.78 is 41.4. The van der Waals surface area contributed by atoms with E-state index in [1.165, 1.54) is 31.2 Å². The number of aromatic carboxylic acids is 1. The van der Waals surface area contributed by atoms with E-state index in [1.54, 1.807) is 0 Å². The summed E-state index contributed by atoms with van der Waals surface area (Å²) in [6.45, 7) is 5.09. The van der Waals surface area contributed by atoms with Crippen LogP contribution in [0.5, 0.6) is 0 Å². The van der Waals surface area contributed by atoms with Crippen LogP contribution in [-0.4, -0.2) is 25.4 Å². The van der Waals surface area contributed by atoms with Gasteiger partial charge in [-0.15, -0.1) is 0 Å². The van der Waals surface area contributed by atoms with Crippen molar-refractivity contribution in [1.82, 2.24) is 0 Å². The Kier molecular flexibility index (Phi) is 6.40. The molecule has 0 aliphatic heterocycles. The Morgan fingerprint density at radius 3 is 2.21 bits per heavy atom. The van der Waals surface area contributed by atoms with E-state index in [0.29, 0.717) is 12.1 Å². The number of halogens is 1. The van der Waals surface area contributed by atoms with E-state index >= 15 is 0 Å². The second-order valence-electron chi connectivity index (χ2n) is 6.72. The smallest absolute Gasteiger partial charge is 0.335 e. The van der Waals surface area contributed by atoms with Crippen molar-refractivity contribution in [2.45, 2.75) is 32.1 Å². The Labute approximate surface area is 162 Å². The van der Waals surface area contributed by atoms with Gasteiger partial charge in [-0.1, -0.05) is 13.8 Å². The number of benzene rings is 2. The topological polar surface area (TPSA) is 113 Å². The standard InChI is InChI=1S/C19H21FN2O5S/c1-11(2)8-18(23)21-14-4-6-15(7-5-14)22-28(26,27)17-10-13(19(24)25)9-16(20)12(17)3/h4-7,9-11,22H,8H2,1-3H3,(H,21,23)(H,24,25). The molecule has 0 saturated heterocycles. The zero-order valence-corrected chi connectivity index (χ0v) is 16.4. The number of carbonyl (C=O) groups excluding carboxylic acids is 1. The minimum atomic E-state index is -4.22. The summed E-state index contributed by atoms with van der Waals surface area (Å²) in [7, 11) is -4.22. The number of sulfonamides is 1. The number of carboxylic acids is 1. The monoisotopic (exact) mass is 408 g/mol. The second-order valence-corrected chi connectivity index (χ2v) is 8.37. The first-order valence-electron chi connectivity index (χ1n) is 8.45. The van der Waals surface area contributed by atoms with Crippen LogP contribution < -0.4 is 10.0 Å². The van der Waals surface area contributed by atoms with Gasteiger partial charge < -0.3 is 10.4 Å². The van der Waals surface area contributed by atoms with Gasteiger partial charge in [0, 0.05) is 23.4 Å². The highest BCUT2D eigenvalue weighted by Gasteiger charge is 2.22. The zero-order valence-electron chi connectivity index (χ0n) is 15.6. The van der Waals surface area contributed by atoms with E-state index in [4.69, 9.17) is 5.11 Å². The molecule has 0 aliphatic rings. The normalized spacial score (nSPS) is 11.3. The molecule has 2 aromatic rings. The highest BCUT2D eigenvalue weighted by atomic mass is 32.2. The van der Waals surface area contributed by atoms with Gasteiger partial charge >= 0.3 is 5.97 Å². The fraction of sp³-hybridized carbons (Fsp3) is 0.263. The molecule has 7 nitrogen and oxygen atoms in total. The van der Waals surface area contributed by atoms with Gasteiger partial charge in [-0.25, -0.2) is 17.6 Å². The molecule has 3 N–H and O–H groups in total. The third-order valence-corrected chi connectivity index (χ3v) is 5.36. The van der Waals surface area contributed by atoms with Crippen LogP contribution in [0, 0.1) is 18.7 Å². The van der Waals surface area contributed by atoms with E-state index in [0.717, 1.165) is 12.1 Å². The molecule has 0 bridgehead atoms. The van der Waals surface area contributed by atoms with E-state index in [2.05, 4.69) is 10.0 Å². The van der Waals surface area contributed by atoms with Gasteiger partial charge in [0.2, 0.25) is 5.91 Å². The number of carboxylic acid groups (broad SMARTS) is 1. The molecule has 2 rings (SSSR count). The maximum atomic E-state index is 13.9. The molecule has 150 valence electrons. The lowest BCUT2D eigenvalue weighted by atomic mass is 10.1. The first-order chi connectivity index (χ1) is 13.0. The molecule has 0 atom stereocenters. The Morgan fingerprint density at radius 1 is 1.11 bits per heavy atom. The molecule has 0 fully saturated rings. The van der Waals surface area contributed by atoms with Crippen molar-refractivity contribution in [1.29, 1.82) is 0 Å². The maximum absolute atomic E-state index is 13.9. The summed E-state index contributed by atoms with van der Waals surface area (Å²) in [5.41, 5.74) is 0.0350. The van der Waals surface area contributed by atoms with Gasteiger partial charge in [-0.05, 0) is 49.2 Å². The Bertz CT molecular complexity index is 1000. The third kappa shape index (κ3) is 5.29. The molecule has 0 spiro atoms. The molecule has 28 heavy (non-hydrogen) atoms. The molecule has 0 heterocycles. The highest BCUT2D eigenvalue weighted by Crippen LogP contribution is 2.24. The van der Waals surface area contributed by atoms with Crippen molar-refractivity contribution >= 4 is 33.3 Å². The lowest BCUT2D eigenvalue weighted by Gasteiger charge is -2.13. The minimum Gasteiger partial charge on any atom is -0.478 e. The summed E-state index contributed by atoms with van der Waals surface area (Å²) in [5.74, 6) is -2.31. The van der Waals surface area contributed by atoms with Crippen LogP contribution in [0.3, 0.4) is 0 Å². The minimum absolute atomic E-state index is 0.153. The van der Waals surface area contributed by atoms with Gasteiger partial charge in [0.25, 0.3) is 10.0 Å². The number of carbonyl (C=O) groups is 2. The fourth-order valence-corrected chi connectivity index (χ4v) is 3.81. The first kappa shape index (κ1) is 21.4. The summed E-state index contributed by atoms with van der Waals surface area (Å²) in [6.07, 6.45) is 0.360. The molecular weight excluding hydrogens is 387 g/mol. The quantitative estimate of drug-likeness (QED) is 0.648. The Morgan fingerprint density at radius 2 is 1.68 bits per heavy atom. The van der Waals surface area contributed by atoms with Crippen molar-refractivity contribution < 1.29 is 27.5 Å². The van der Waals surface area contributed by atoms with E-state index in [9.17, 15) is 22.4 Å². The molecule has 0 aliphatic carbocycles. The number of amides is 1. The SMILES string of the molecule is Cc1c(F)cc(C(=O)O)cc1S(=O)(=O)Nc1ccc(NC(=O)CC(C)C)cc1. The van der Waals surface area contributed by atoms with E-state index < -0.39 is 32.3 Å². The largest absolute Gasteiger partial charge is 0.478 e. The molecular formula is C19H21FN2O5S. The number of hydrogen-bond donors (Lipinski definition) is 3. The number of nitrogens with one attached hydrogen (secondary N) is 2. The van der Waals surface area contributed by atoms with Crippen LogP contribution >= 0.6 is 0 Å². The van der Waals surface area contributed by atoms with Gasteiger partial charge in [0.15, 0.2) is 0 Å². The molecule has 0 aromatic heterocycles. The number of anilines is 2. The molecule has 2 aromatic carbocycles.